The molecule has 0 unspecified atom stereocenters. The summed E-state index contributed by atoms with van der Waals surface area (Å²) in [6, 6.07) is 1.74. The first-order valence-electron chi connectivity index (χ1n) is 5.88. The van der Waals surface area contributed by atoms with E-state index in [-0.39, 0.29) is 19.4 Å². The number of aromatic nitrogens is 1. The topological polar surface area (TPSA) is 36.4 Å². The van der Waals surface area contributed by atoms with Crippen molar-refractivity contribution in [3.63, 3.8) is 0 Å². The minimum Gasteiger partial charge on any atom is -0.392 e. The zero-order valence-corrected chi connectivity index (χ0v) is 9.82. The van der Waals surface area contributed by atoms with E-state index in [2.05, 4.69) is 4.98 Å². The maximum Gasteiger partial charge on any atom is 0.391 e. The molecule has 1 N–H and O–H groups in total. The van der Waals surface area contributed by atoms with Gasteiger partial charge in [0.1, 0.15) is 0 Å². The summed E-state index contributed by atoms with van der Waals surface area (Å²) < 4.78 is 37.6. The summed E-state index contributed by atoms with van der Waals surface area (Å²) in [5.74, 6) is -1.20. The summed E-state index contributed by atoms with van der Waals surface area (Å²) in [7, 11) is 0. The predicted molar refractivity (Wildman–Crippen MR) is 61.2 cm³/mol. The second-order valence-corrected chi connectivity index (χ2v) is 4.47. The molecule has 1 aromatic rings. The van der Waals surface area contributed by atoms with E-state index in [1.807, 2.05) is 4.90 Å². The second kappa shape index (κ2) is 5.14. The van der Waals surface area contributed by atoms with Crippen molar-refractivity contribution in [1.82, 2.24) is 4.98 Å². The molecule has 1 fully saturated rings. The van der Waals surface area contributed by atoms with Crippen LogP contribution in [0.4, 0.5) is 18.9 Å². The van der Waals surface area contributed by atoms with Gasteiger partial charge in [-0.05, 0) is 18.9 Å². The number of halogens is 3. The van der Waals surface area contributed by atoms with Crippen LogP contribution in [0.5, 0.6) is 0 Å². The molecule has 2 rings (SSSR count). The quantitative estimate of drug-likeness (QED) is 0.886. The summed E-state index contributed by atoms with van der Waals surface area (Å²) in [6.45, 7) is 0.574. The SMILES string of the molecule is OCc1cnccc1N1CCC(C(F)(F)F)CC1. The first-order chi connectivity index (χ1) is 8.52. The summed E-state index contributed by atoms with van der Waals surface area (Å²) in [4.78, 5) is 5.78. The maximum absolute atomic E-state index is 12.5. The number of rotatable bonds is 2. The minimum absolute atomic E-state index is 0.108. The fraction of sp³-hybridized carbons (Fsp3) is 0.583. The number of hydrogen-bond acceptors (Lipinski definition) is 3. The minimum atomic E-state index is -4.09. The van der Waals surface area contributed by atoms with Crippen molar-refractivity contribution in [2.45, 2.75) is 25.6 Å². The molecule has 6 heteroatoms. The van der Waals surface area contributed by atoms with Gasteiger partial charge in [0.05, 0.1) is 12.5 Å². The van der Waals surface area contributed by atoms with Gasteiger partial charge in [-0.3, -0.25) is 4.98 Å². The van der Waals surface area contributed by atoms with Crippen LogP contribution in [0.1, 0.15) is 18.4 Å². The van der Waals surface area contributed by atoms with Crippen LogP contribution in [0, 0.1) is 5.92 Å². The summed E-state index contributed by atoms with van der Waals surface area (Å²) in [5, 5.41) is 9.18. The number of nitrogens with zero attached hydrogens (tertiary/aromatic N) is 2. The number of hydrogen-bond donors (Lipinski definition) is 1. The third kappa shape index (κ3) is 2.75. The van der Waals surface area contributed by atoms with Crippen LogP contribution in [0.2, 0.25) is 0 Å². The Morgan fingerprint density at radius 3 is 2.56 bits per heavy atom. The Morgan fingerprint density at radius 1 is 1.33 bits per heavy atom. The van der Waals surface area contributed by atoms with Gasteiger partial charge in [0.25, 0.3) is 0 Å². The molecular formula is C12H15F3N2O. The van der Waals surface area contributed by atoms with E-state index in [0.717, 1.165) is 5.69 Å². The Labute approximate surface area is 103 Å². The van der Waals surface area contributed by atoms with Gasteiger partial charge in [0.15, 0.2) is 0 Å². The molecule has 1 aliphatic heterocycles. The molecule has 18 heavy (non-hydrogen) atoms. The van der Waals surface area contributed by atoms with Gasteiger partial charge in [0, 0.05) is 36.7 Å². The van der Waals surface area contributed by atoms with Crippen molar-refractivity contribution in [2.24, 2.45) is 5.92 Å². The molecule has 1 aliphatic rings. The van der Waals surface area contributed by atoms with Gasteiger partial charge in [0.2, 0.25) is 0 Å². The van der Waals surface area contributed by atoms with Crippen molar-refractivity contribution in [2.75, 3.05) is 18.0 Å². The van der Waals surface area contributed by atoms with Crippen LogP contribution in [0.25, 0.3) is 0 Å². The highest BCUT2D eigenvalue weighted by Crippen LogP contribution is 2.35. The molecular weight excluding hydrogens is 245 g/mol. The average Bonchev–Trinajstić information content (AvgIpc) is 2.38. The number of anilines is 1. The van der Waals surface area contributed by atoms with Gasteiger partial charge < -0.3 is 10.0 Å². The Morgan fingerprint density at radius 2 is 2.00 bits per heavy atom. The van der Waals surface area contributed by atoms with Gasteiger partial charge in [-0.2, -0.15) is 13.2 Å². The fourth-order valence-corrected chi connectivity index (χ4v) is 2.30. The van der Waals surface area contributed by atoms with E-state index in [1.54, 1.807) is 18.5 Å². The molecule has 0 aromatic carbocycles. The largest absolute Gasteiger partial charge is 0.392 e. The monoisotopic (exact) mass is 260 g/mol. The van der Waals surface area contributed by atoms with Gasteiger partial charge >= 0.3 is 6.18 Å². The fourth-order valence-electron chi connectivity index (χ4n) is 2.30. The Balaban J connectivity index is 2.06. The smallest absolute Gasteiger partial charge is 0.391 e. The molecule has 0 radical (unpaired) electrons. The molecule has 0 amide bonds. The van der Waals surface area contributed by atoms with Crippen molar-refractivity contribution >= 4 is 5.69 Å². The van der Waals surface area contributed by atoms with E-state index < -0.39 is 12.1 Å². The van der Waals surface area contributed by atoms with Gasteiger partial charge in [-0.25, -0.2) is 0 Å². The van der Waals surface area contributed by atoms with Crippen LogP contribution < -0.4 is 4.90 Å². The molecule has 0 bridgehead atoms. The number of alkyl halides is 3. The summed E-state index contributed by atoms with van der Waals surface area (Å²) in [5.41, 5.74) is 1.44. The normalized spacial score (nSPS) is 18.1. The van der Waals surface area contributed by atoms with E-state index in [0.29, 0.717) is 18.7 Å². The highest BCUT2D eigenvalue weighted by molar-refractivity contribution is 5.52. The van der Waals surface area contributed by atoms with Gasteiger partial charge in [-0.1, -0.05) is 0 Å². The standard InChI is InChI=1S/C12H15F3N2O/c13-12(14,15)10-2-5-17(6-3-10)11-1-4-16-7-9(11)8-18/h1,4,7,10,18H,2-3,5-6,8H2. The number of aliphatic hydroxyl groups excluding tert-OH is 1. The Kier molecular flexibility index (Phi) is 3.75. The first kappa shape index (κ1) is 13.1. The molecule has 100 valence electrons. The van der Waals surface area contributed by atoms with Crippen molar-refractivity contribution < 1.29 is 18.3 Å². The lowest BCUT2D eigenvalue weighted by atomic mass is 9.95. The lowest BCUT2D eigenvalue weighted by Gasteiger charge is -2.35. The highest BCUT2D eigenvalue weighted by atomic mass is 19.4. The molecule has 2 heterocycles. The molecule has 0 saturated carbocycles. The second-order valence-electron chi connectivity index (χ2n) is 4.47. The number of pyridine rings is 1. The zero-order chi connectivity index (χ0) is 13.2. The van der Waals surface area contributed by atoms with Crippen LogP contribution in [0.3, 0.4) is 0 Å². The lowest BCUT2D eigenvalue weighted by molar-refractivity contribution is -0.179. The van der Waals surface area contributed by atoms with E-state index >= 15 is 0 Å². The average molecular weight is 260 g/mol. The maximum atomic E-state index is 12.5. The van der Waals surface area contributed by atoms with Crippen molar-refractivity contribution in [3.05, 3.63) is 24.0 Å². The van der Waals surface area contributed by atoms with Crippen molar-refractivity contribution in [3.8, 4) is 0 Å². The molecule has 0 aliphatic carbocycles. The van der Waals surface area contributed by atoms with Crippen molar-refractivity contribution in [1.29, 1.82) is 0 Å². The van der Waals surface area contributed by atoms with Gasteiger partial charge in [-0.15, -0.1) is 0 Å². The third-order valence-electron chi connectivity index (χ3n) is 3.35. The predicted octanol–water partition coefficient (Wildman–Crippen LogP) is 2.35. The van der Waals surface area contributed by atoms with E-state index in [9.17, 15) is 18.3 Å². The van der Waals surface area contributed by atoms with Crippen LogP contribution in [0.15, 0.2) is 18.5 Å². The number of piperidine rings is 1. The lowest BCUT2D eigenvalue weighted by Crippen LogP contribution is -2.39. The first-order valence-corrected chi connectivity index (χ1v) is 5.88. The van der Waals surface area contributed by atoms with Crippen LogP contribution >= 0.6 is 0 Å². The van der Waals surface area contributed by atoms with Crippen LogP contribution in [-0.2, 0) is 6.61 Å². The summed E-state index contributed by atoms with van der Waals surface area (Å²) in [6.07, 6.45) is -0.743. The highest BCUT2D eigenvalue weighted by Gasteiger charge is 2.41. The molecule has 1 saturated heterocycles. The molecule has 0 atom stereocenters. The molecule has 1 aromatic heterocycles. The molecule has 3 nitrogen and oxygen atoms in total. The Bertz CT molecular complexity index is 401. The third-order valence-corrected chi connectivity index (χ3v) is 3.35. The zero-order valence-electron chi connectivity index (χ0n) is 9.82. The molecule has 0 spiro atoms. The van der Waals surface area contributed by atoms with E-state index in [4.69, 9.17) is 0 Å². The summed E-state index contributed by atoms with van der Waals surface area (Å²) >= 11 is 0. The Hall–Kier alpha value is -1.30. The van der Waals surface area contributed by atoms with E-state index in [1.165, 1.54) is 0 Å². The van der Waals surface area contributed by atoms with Crippen LogP contribution in [-0.4, -0.2) is 29.4 Å². The number of aliphatic hydroxyl groups is 1.